The molecule has 1 unspecified atom stereocenters. The summed E-state index contributed by atoms with van der Waals surface area (Å²) in [5, 5.41) is 8.36. The lowest BCUT2D eigenvalue weighted by molar-refractivity contribution is -0.129. The zero-order valence-corrected chi connectivity index (χ0v) is 11.0. The van der Waals surface area contributed by atoms with Crippen molar-refractivity contribution in [2.75, 3.05) is 24.6 Å². The van der Waals surface area contributed by atoms with Crippen LogP contribution in [0.1, 0.15) is 38.5 Å². The van der Waals surface area contributed by atoms with E-state index in [0.29, 0.717) is 12.2 Å². The summed E-state index contributed by atoms with van der Waals surface area (Å²) in [6.45, 7) is 1.65. The third-order valence-electron chi connectivity index (χ3n) is 2.90. The van der Waals surface area contributed by atoms with Crippen LogP contribution in [0.4, 0.5) is 0 Å². The summed E-state index contributed by atoms with van der Waals surface area (Å²) >= 11 is 0. The molecule has 17 heavy (non-hydrogen) atoms. The Kier molecular flexibility index (Phi) is 6.87. The van der Waals surface area contributed by atoms with Crippen molar-refractivity contribution in [3.63, 3.8) is 0 Å². The van der Waals surface area contributed by atoms with Gasteiger partial charge in [0.1, 0.15) is 5.75 Å². The number of nitrogens with zero attached hydrogens (tertiary/aromatic N) is 2. The first-order valence-electron chi connectivity index (χ1n) is 6.23. The minimum Gasteiger partial charge on any atom is -0.342 e. The molecule has 1 heterocycles. The molecule has 0 spiro atoms. The number of hydrogen-bond acceptors (Lipinski definition) is 3. The fourth-order valence-electron chi connectivity index (χ4n) is 1.91. The second-order valence-electron chi connectivity index (χ2n) is 4.34. The van der Waals surface area contributed by atoms with Gasteiger partial charge >= 0.3 is 0 Å². The van der Waals surface area contributed by atoms with E-state index in [1.807, 2.05) is 4.90 Å². The number of amides is 1. The molecule has 0 saturated carbocycles. The molecule has 1 saturated heterocycles. The molecule has 5 heteroatoms. The number of carbonyl (C=O) groups is 1. The summed E-state index contributed by atoms with van der Waals surface area (Å²) in [4.78, 5) is 13.6. The average molecular weight is 256 g/mol. The van der Waals surface area contributed by atoms with Crippen molar-refractivity contribution in [1.29, 1.82) is 5.26 Å². The van der Waals surface area contributed by atoms with E-state index in [9.17, 15) is 9.00 Å². The van der Waals surface area contributed by atoms with Crippen LogP contribution < -0.4 is 0 Å². The molecule has 1 rings (SSSR count). The van der Waals surface area contributed by atoms with E-state index >= 15 is 0 Å². The number of likely N-dealkylation sites (tertiary alicyclic amines) is 1. The highest BCUT2D eigenvalue weighted by atomic mass is 32.2. The van der Waals surface area contributed by atoms with Crippen LogP contribution in [0.25, 0.3) is 0 Å². The zero-order valence-electron chi connectivity index (χ0n) is 10.2. The summed E-state index contributed by atoms with van der Waals surface area (Å²) in [6.07, 6.45) is 5.40. The molecular formula is C12H20N2O2S. The Morgan fingerprint density at radius 3 is 2.59 bits per heavy atom. The first kappa shape index (κ1) is 14.2. The lowest BCUT2D eigenvalue weighted by Gasteiger charge is -2.26. The van der Waals surface area contributed by atoms with Crippen LogP contribution >= 0.6 is 0 Å². The van der Waals surface area contributed by atoms with E-state index in [1.165, 1.54) is 6.42 Å². The highest BCUT2D eigenvalue weighted by Crippen LogP contribution is 2.09. The Morgan fingerprint density at radius 2 is 1.94 bits per heavy atom. The van der Waals surface area contributed by atoms with Gasteiger partial charge in [-0.3, -0.25) is 9.00 Å². The maximum atomic E-state index is 11.8. The van der Waals surface area contributed by atoms with Gasteiger partial charge in [0.25, 0.3) is 0 Å². The van der Waals surface area contributed by atoms with Crippen LogP contribution in [0.2, 0.25) is 0 Å². The van der Waals surface area contributed by atoms with Crippen molar-refractivity contribution in [2.24, 2.45) is 0 Å². The average Bonchev–Trinajstić information content (AvgIpc) is 2.36. The summed E-state index contributed by atoms with van der Waals surface area (Å²) in [5.41, 5.74) is 0. The van der Waals surface area contributed by atoms with Gasteiger partial charge in [0.15, 0.2) is 0 Å². The molecule has 1 fully saturated rings. The van der Waals surface area contributed by atoms with Crippen molar-refractivity contribution < 1.29 is 9.00 Å². The van der Waals surface area contributed by atoms with Gasteiger partial charge in [-0.2, -0.15) is 5.26 Å². The predicted molar refractivity (Wildman–Crippen MR) is 67.8 cm³/mol. The van der Waals surface area contributed by atoms with E-state index in [-0.39, 0.29) is 11.7 Å². The fourth-order valence-corrected chi connectivity index (χ4v) is 3.04. The number of carbonyl (C=O) groups excluding carboxylic acids is 1. The molecular weight excluding hydrogens is 236 g/mol. The Morgan fingerprint density at radius 1 is 1.24 bits per heavy atom. The number of piperidine rings is 1. The molecule has 0 aromatic carbocycles. The molecule has 1 atom stereocenters. The maximum Gasteiger partial charge on any atom is 0.235 e. The van der Waals surface area contributed by atoms with Crippen molar-refractivity contribution in [1.82, 2.24) is 4.90 Å². The third kappa shape index (κ3) is 5.83. The second kappa shape index (κ2) is 8.24. The van der Waals surface area contributed by atoms with Gasteiger partial charge in [0, 0.05) is 36.1 Å². The van der Waals surface area contributed by atoms with E-state index in [0.717, 1.165) is 38.8 Å². The molecule has 0 bridgehead atoms. The van der Waals surface area contributed by atoms with E-state index in [4.69, 9.17) is 5.26 Å². The first-order chi connectivity index (χ1) is 8.24. The van der Waals surface area contributed by atoms with Gasteiger partial charge in [0.05, 0.1) is 6.07 Å². The third-order valence-corrected chi connectivity index (χ3v) is 4.22. The van der Waals surface area contributed by atoms with E-state index < -0.39 is 10.8 Å². The van der Waals surface area contributed by atoms with Gasteiger partial charge in [-0.25, -0.2) is 0 Å². The molecule has 0 aromatic heterocycles. The largest absolute Gasteiger partial charge is 0.342 e. The molecule has 0 aliphatic carbocycles. The number of unbranched alkanes of at least 4 members (excludes halogenated alkanes) is 2. The van der Waals surface area contributed by atoms with E-state index in [1.54, 1.807) is 0 Å². The summed E-state index contributed by atoms with van der Waals surface area (Å²) < 4.78 is 11.6. The summed E-state index contributed by atoms with van der Waals surface area (Å²) in [5.74, 6) is 0.733. The van der Waals surface area contributed by atoms with Crippen LogP contribution in [-0.4, -0.2) is 39.6 Å². The smallest absolute Gasteiger partial charge is 0.235 e. The molecule has 0 aromatic rings. The first-order valence-corrected chi connectivity index (χ1v) is 7.72. The van der Waals surface area contributed by atoms with Gasteiger partial charge in [-0.15, -0.1) is 0 Å². The Labute approximate surface area is 105 Å². The van der Waals surface area contributed by atoms with Crippen LogP contribution in [-0.2, 0) is 15.6 Å². The van der Waals surface area contributed by atoms with Gasteiger partial charge in [-0.05, 0) is 32.1 Å². The molecule has 1 aliphatic heterocycles. The van der Waals surface area contributed by atoms with Crippen LogP contribution in [0, 0.1) is 11.3 Å². The van der Waals surface area contributed by atoms with Gasteiger partial charge in [0.2, 0.25) is 5.91 Å². The monoisotopic (exact) mass is 256 g/mol. The lowest BCUT2D eigenvalue weighted by Crippen LogP contribution is -2.38. The standard InChI is InChI=1S/C12H20N2O2S/c13-7-3-1-6-10-17(16)11-12(15)14-8-4-2-5-9-14/h1-6,8-11H2. The zero-order chi connectivity index (χ0) is 12.5. The SMILES string of the molecule is N#CCCCCS(=O)CC(=O)N1CCCCC1. The molecule has 1 amide bonds. The normalized spacial score (nSPS) is 17.5. The number of hydrogen-bond donors (Lipinski definition) is 0. The molecule has 0 radical (unpaired) electrons. The van der Waals surface area contributed by atoms with E-state index in [2.05, 4.69) is 6.07 Å². The highest BCUT2D eigenvalue weighted by Gasteiger charge is 2.18. The van der Waals surface area contributed by atoms with Crippen LogP contribution in [0.5, 0.6) is 0 Å². The van der Waals surface area contributed by atoms with Crippen molar-refractivity contribution in [3.05, 3.63) is 0 Å². The van der Waals surface area contributed by atoms with Crippen molar-refractivity contribution in [3.8, 4) is 6.07 Å². The molecule has 4 nitrogen and oxygen atoms in total. The predicted octanol–water partition coefficient (Wildman–Crippen LogP) is 1.44. The van der Waals surface area contributed by atoms with Gasteiger partial charge < -0.3 is 4.90 Å². The molecule has 96 valence electrons. The quantitative estimate of drug-likeness (QED) is 0.676. The Balaban J connectivity index is 2.16. The minimum atomic E-state index is -1.06. The fraction of sp³-hybridized carbons (Fsp3) is 0.833. The number of rotatable bonds is 6. The summed E-state index contributed by atoms with van der Waals surface area (Å²) in [6, 6.07) is 2.06. The Hall–Kier alpha value is -0.890. The maximum absolute atomic E-state index is 11.8. The van der Waals surface area contributed by atoms with Crippen LogP contribution in [0.3, 0.4) is 0 Å². The number of nitriles is 1. The van der Waals surface area contributed by atoms with Crippen molar-refractivity contribution in [2.45, 2.75) is 38.5 Å². The highest BCUT2D eigenvalue weighted by molar-refractivity contribution is 7.85. The minimum absolute atomic E-state index is 0.0308. The summed E-state index contributed by atoms with van der Waals surface area (Å²) in [7, 11) is -1.06. The second-order valence-corrected chi connectivity index (χ2v) is 5.92. The molecule has 1 aliphatic rings. The lowest BCUT2D eigenvalue weighted by atomic mass is 10.1. The Bertz CT molecular complexity index is 306. The van der Waals surface area contributed by atoms with Crippen molar-refractivity contribution >= 4 is 16.7 Å². The molecule has 0 N–H and O–H groups in total. The van der Waals surface area contributed by atoms with Gasteiger partial charge in [-0.1, -0.05) is 0 Å². The topological polar surface area (TPSA) is 61.2 Å². The van der Waals surface area contributed by atoms with Crippen LogP contribution in [0.15, 0.2) is 0 Å².